The van der Waals surface area contributed by atoms with Gasteiger partial charge in [0.15, 0.2) is 0 Å². The third-order valence-corrected chi connectivity index (χ3v) is 3.43. The third kappa shape index (κ3) is 4.80. The predicted octanol–water partition coefficient (Wildman–Crippen LogP) is 2.44. The highest BCUT2D eigenvalue weighted by Crippen LogP contribution is 2.21. The first kappa shape index (κ1) is 17.0. The number of hydrogen-bond acceptors (Lipinski definition) is 6. The summed E-state index contributed by atoms with van der Waals surface area (Å²) in [5.41, 5.74) is 0.229. The number of amides is 1. The third-order valence-electron chi connectivity index (χ3n) is 3.43. The van der Waals surface area contributed by atoms with E-state index in [-0.39, 0.29) is 11.9 Å². The number of nitro groups is 1. The lowest BCUT2D eigenvalue weighted by molar-refractivity contribution is -0.389. The van der Waals surface area contributed by atoms with Crippen LogP contribution in [0.3, 0.4) is 0 Å². The maximum Gasteiger partial charge on any atom is 0.410 e. The first-order chi connectivity index (χ1) is 10.8. The number of ether oxygens (including phenoxy) is 1. The topological polar surface area (TPSA) is 88.8 Å². The van der Waals surface area contributed by atoms with E-state index in [1.54, 1.807) is 11.0 Å². The Kier molecular flexibility index (Phi) is 5.02. The largest absolute Gasteiger partial charge is 0.444 e. The molecular weight excluding hydrogens is 300 g/mol. The van der Waals surface area contributed by atoms with E-state index < -0.39 is 10.5 Å². The minimum absolute atomic E-state index is 0.171. The van der Waals surface area contributed by atoms with Crippen LogP contribution in [0, 0.1) is 10.1 Å². The Morgan fingerprint density at radius 2 is 2.04 bits per heavy atom. The molecule has 1 aromatic rings. The summed E-state index contributed by atoms with van der Waals surface area (Å²) in [6, 6.07) is 3.21. The zero-order chi connectivity index (χ0) is 17.0. The van der Waals surface area contributed by atoms with Crippen molar-refractivity contribution in [1.29, 1.82) is 0 Å². The average molecular weight is 322 g/mol. The van der Waals surface area contributed by atoms with Crippen LogP contribution < -0.4 is 4.90 Å². The van der Waals surface area contributed by atoms with Gasteiger partial charge in [0.1, 0.15) is 11.8 Å². The van der Waals surface area contributed by atoms with Crippen molar-refractivity contribution >= 4 is 17.6 Å². The molecule has 23 heavy (non-hydrogen) atoms. The van der Waals surface area contributed by atoms with Gasteiger partial charge >= 0.3 is 11.9 Å². The Morgan fingerprint density at radius 3 is 2.70 bits per heavy atom. The summed E-state index contributed by atoms with van der Waals surface area (Å²) in [6.07, 6.45) is 1.89. The molecule has 8 heteroatoms. The number of rotatable bonds is 2. The molecule has 126 valence electrons. The van der Waals surface area contributed by atoms with Gasteiger partial charge < -0.3 is 24.7 Å². The monoisotopic (exact) mass is 322 g/mol. The highest BCUT2D eigenvalue weighted by atomic mass is 16.6. The van der Waals surface area contributed by atoms with Gasteiger partial charge in [-0.3, -0.25) is 0 Å². The molecule has 0 unspecified atom stereocenters. The quantitative estimate of drug-likeness (QED) is 0.614. The van der Waals surface area contributed by atoms with Gasteiger partial charge in [-0.05, 0) is 37.1 Å². The van der Waals surface area contributed by atoms with Crippen LogP contribution in [0.5, 0.6) is 0 Å². The molecule has 0 N–H and O–H groups in total. The van der Waals surface area contributed by atoms with Crippen LogP contribution in [0.1, 0.15) is 27.2 Å². The van der Waals surface area contributed by atoms with E-state index in [0.29, 0.717) is 19.6 Å². The summed E-state index contributed by atoms with van der Waals surface area (Å²) in [4.78, 5) is 29.9. The molecule has 1 aliphatic heterocycles. The molecule has 0 bridgehead atoms. The van der Waals surface area contributed by atoms with Crippen molar-refractivity contribution in [3.63, 3.8) is 0 Å². The highest BCUT2D eigenvalue weighted by molar-refractivity contribution is 5.68. The predicted molar refractivity (Wildman–Crippen MR) is 85.5 cm³/mol. The smallest absolute Gasteiger partial charge is 0.410 e. The van der Waals surface area contributed by atoms with Gasteiger partial charge in [0.25, 0.3) is 0 Å². The maximum atomic E-state index is 12.1. The molecule has 1 amide bonds. The number of hydrogen-bond donors (Lipinski definition) is 0. The van der Waals surface area contributed by atoms with Crippen molar-refractivity contribution in [2.45, 2.75) is 32.8 Å². The SMILES string of the molecule is CC(C)(C)OC(=O)N1CCCN(c2ccnc([N+](=O)[O-])c2)CC1. The Balaban J connectivity index is 2.02. The lowest BCUT2D eigenvalue weighted by atomic mass is 10.2. The van der Waals surface area contributed by atoms with E-state index in [1.807, 2.05) is 25.7 Å². The number of carbonyl (C=O) groups is 1. The van der Waals surface area contributed by atoms with Crippen molar-refractivity contribution in [3.8, 4) is 0 Å². The first-order valence-corrected chi connectivity index (χ1v) is 7.59. The van der Waals surface area contributed by atoms with Crippen LogP contribution in [0.4, 0.5) is 16.3 Å². The van der Waals surface area contributed by atoms with Gasteiger partial charge in [-0.15, -0.1) is 0 Å². The number of carbonyl (C=O) groups excluding carboxylic acids is 1. The molecular formula is C15H22N4O4. The van der Waals surface area contributed by atoms with Crippen molar-refractivity contribution in [2.24, 2.45) is 0 Å². The Bertz CT molecular complexity index is 585. The summed E-state index contributed by atoms with van der Waals surface area (Å²) in [5.74, 6) is -0.171. The standard InChI is InChI=1S/C15H22N4O4/c1-15(2,3)23-14(20)18-8-4-7-17(9-10-18)12-5-6-16-13(11-12)19(21)22/h5-6,11H,4,7-10H2,1-3H3. The minimum atomic E-state index is -0.519. The molecule has 1 fully saturated rings. The Morgan fingerprint density at radius 1 is 1.30 bits per heavy atom. The second kappa shape index (κ2) is 6.80. The number of pyridine rings is 1. The first-order valence-electron chi connectivity index (χ1n) is 7.59. The van der Waals surface area contributed by atoms with Gasteiger partial charge in [0.2, 0.25) is 0 Å². The van der Waals surface area contributed by atoms with Crippen molar-refractivity contribution in [2.75, 3.05) is 31.1 Å². The van der Waals surface area contributed by atoms with Gasteiger partial charge in [-0.1, -0.05) is 0 Å². The molecule has 0 aromatic carbocycles. The van der Waals surface area contributed by atoms with Gasteiger partial charge in [0.05, 0.1) is 6.07 Å². The van der Waals surface area contributed by atoms with Gasteiger partial charge in [-0.2, -0.15) is 0 Å². The summed E-state index contributed by atoms with van der Waals surface area (Å²) in [6.45, 7) is 7.96. The molecule has 0 atom stereocenters. The molecule has 1 saturated heterocycles. The van der Waals surface area contributed by atoms with Crippen LogP contribution in [-0.4, -0.2) is 52.7 Å². The fraction of sp³-hybridized carbons (Fsp3) is 0.600. The van der Waals surface area contributed by atoms with E-state index in [1.165, 1.54) is 12.3 Å². The van der Waals surface area contributed by atoms with E-state index in [4.69, 9.17) is 4.74 Å². The van der Waals surface area contributed by atoms with E-state index in [2.05, 4.69) is 4.98 Å². The fourth-order valence-electron chi connectivity index (χ4n) is 2.39. The Labute approximate surface area is 135 Å². The molecule has 0 aliphatic carbocycles. The summed E-state index contributed by atoms with van der Waals surface area (Å²) < 4.78 is 5.39. The molecule has 0 spiro atoms. The number of aromatic nitrogens is 1. The van der Waals surface area contributed by atoms with E-state index in [0.717, 1.165) is 18.7 Å². The zero-order valence-electron chi connectivity index (χ0n) is 13.7. The molecule has 1 aromatic heterocycles. The normalized spacial score (nSPS) is 16.0. The van der Waals surface area contributed by atoms with Gasteiger partial charge in [-0.25, -0.2) is 4.79 Å². The summed E-state index contributed by atoms with van der Waals surface area (Å²) in [7, 11) is 0. The Hall–Kier alpha value is -2.38. The van der Waals surface area contributed by atoms with Crippen molar-refractivity contribution in [3.05, 3.63) is 28.4 Å². The molecule has 1 aliphatic rings. The fourth-order valence-corrected chi connectivity index (χ4v) is 2.39. The number of anilines is 1. The second-order valence-electron chi connectivity index (χ2n) is 6.44. The van der Waals surface area contributed by atoms with E-state index >= 15 is 0 Å². The summed E-state index contributed by atoms with van der Waals surface area (Å²) in [5, 5.41) is 10.8. The molecule has 2 heterocycles. The zero-order valence-corrected chi connectivity index (χ0v) is 13.7. The lowest BCUT2D eigenvalue weighted by Gasteiger charge is -2.26. The molecule has 0 saturated carbocycles. The maximum absolute atomic E-state index is 12.1. The number of nitrogens with zero attached hydrogens (tertiary/aromatic N) is 4. The molecule has 2 rings (SSSR count). The van der Waals surface area contributed by atoms with Crippen LogP contribution in [0.25, 0.3) is 0 Å². The van der Waals surface area contributed by atoms with Crippen LogP contribution in [0.15, 0.2) is 18.3 Å². The highest BCUT2D eigenvalue weighted by Gasteiger charge is 2.25. The van der Waals surface area contributed by atoms with Crippen LogP contribution in [0.2, 0.25) is 0 Å². The molecule has 0 radical (unpaired) electrons. The van der Waals surface area contributed by atoms with Crippen LogP contribution in [-0.2, 0) is 4.74 Å². The lowest BCUT2D eigenvalue weighted by Crippen LogP contribution is -2.39. The molecule has 8 nitrogen and oxygen atoms in total. The van der Waals surface area contributed by atoms with Crippen LogP contribution >= 0.6 is 0 Å². The second-order valence-corrected chi connectivity index (χ2v) is 6.44. The average Bonchev–Trinajstić information content (AvgIpc) is 2.71. The minimum Gasteiger partial charge on any atom is -0.444 e. The summed E-state index contributed by atoms with van der Waals surface area (Å²) >= 11 is 0. The van der Waals surface area contributed by atoms with Crippen molar-refractivity contribution < 1.29 is 14.5 Å². The van der Waals surface area contributed by atoms with E-state index in [9.17, 15) is 14.9 Å². The van der Waals surface area contributed by atoms with Crippen molar-refractivity contribution in [1.82, 2.24) is 9.88 Å². The van der Waals surface area contributed by atoms with Gasteiger partial charge in [0, 0.05) is 37.9 Å².